The van der Waals surface area contributed by atoms with Gasteiger partial charge in [-0.1, -0.05) is 11.6 Å². The summed E-state index contributed by atoms with van der Waals surface area (Å²) in [7, 11) is 0. The highest BCUT2D eigenvalue weighted by atomic mass is 16.6. The van der Waals surface area contributed by atoms with Crippen LogP contribution < -0.4 is 0 Å². The van der Waals surface area contributed by atoms with Crippen molar-refractivity contribution in [1.29, 1.82) is 0 Å². The molecule has 15 heavy (non-hydrogen) atoms. The summed E-state index contributed by atoms with van der Waals surface area (Å²) in [5, 5.41) is 0. The summed E-state index contributed by atoms with van der Waals surface area (Å²) in [6.45, 7) is 1.55. The fourth-order valence-electron chi connectivity index (χ4n) is 4.04. The van der Waals surface area contributed by atoms with Crippen LogP contribution in [0.5, 0.6) is 0 Å². The first-order valence-electron chi connectivity index (χ1n) is 6.13. The smallest absolute Gasteiger partial charge is 0.303 e. The van der Waals surface area contributed by atoms with E-state index in [4.69, 9.17) is 4.74 Å². The molecule has 2 fully saturated rings. The Morgan fingerprint density at radius 3 is 2.87 bits per heavy atom. The van der Waals surface area contributed by atoms with Crippen molar-refractivity contribution in [3.63, 3.8) is 0 Å². The maximum atomic E-state index is 11.2. The van der Waals surface area contributed by atoms with E-state index in [0.717, 1.165) is 6.42 Å². The molecular weight excluding hydrogens is 188 g/mol. The van der Waals surface area contributed by atoms with Crippen LogP contribution in [0.4, 0.5) is 0 Å². The molecule has 0 aliphatic heterocycles. The van der Waals surface area contributed by atoms with Crippen molar-refractivity contribution >= 4 is 5.97 Å². The minimum atomic E-state index is -0.0912. The third-order valence-corrected chi connectivity index (χ3v) is 4.46. The molecule has 0 N–H and O–H groups in total. The van der Waals surface area contributed by atoms with Crippen LogP contribution in [-0.4, -0.2) is 11.6 Å². The monoisotopic (exact) mass is 206 g/mol. The first-order valence-corrected chi connectivity index (χ1v) is 6.13. The fraction of sp³-hybridized carbons (Fsp3) is 0.769. The number of fused-ring (bicyclic) bond motifs is 4. The second-order valence-corrected chi connectivity index (χ2v) is 5.18. The summed E-state index contributed by atoms with van der Waals surface area (Å²) < 4.78 is 5.69. The highest BCUT2D eigenvalue weighted by molar-refractivity contribution is 5.67. The molecule has 2 saturated carbocycles. The van der Waals surface area contributed by atoms with E-state index in [1.165, 1.54) is 32.1 Å². The third-order valence-electron chi connectivity index (χ3n) is 4.46. The SMILES string of the molecule is CC(=O)O[C@@]12CCC[C@H]1C1=CCCC[C@@H]12. The number of hydrogen-bond acceptors (Lipinski definition) is 2. The molecule has 0 saturated heterocycles. The summed E-state index contributed by atoms with van der Waals surface area (Å²) >= 11 is 0. The van der Waals surface area contributed by atoms with E-state index < -0.39 is 0 Å². The molecule has 2 nitrogen and oxygen atoms in total. The Morgan fingerprint density at radius 1 is 1.40 bits per heavy atom. The fourth-order valence-corrected chi connectivity index (χ4v) is 4.04. The van der Waals surface area contributed by atoms with Crippen LogP contribution >= 0.6 is 0 Å². The molecule has 0 spiro atoms. The van der Waals surface area contributed by atoms with Crippen LogP contribution in [0.2, 0.25) is 0 Å². The highest BCUT2D eigenvalue weighted by Gasteiger charge is 2.63. The molecular formula is C13H18O2. The minimum absolute atomic E-state index is 0.0713. The highest BCUT2D eigenvalue weighted by Crippen LogP contribution is 2.62. The van der Waals surface area contributed by atoms with Gasteiger partial charge in [0.15, 0.2) is 0 Å². The van der Waals surface area contributed by atoms with E-state index in [-0.39, 0.29) is 11.6 Å². The zero-order valence-electron chi connectivity index (χ0n) is 9.29. The van der Waals surface area contributed by atoms with Gasteiger partial charge in [0, 0.05) is 18.8 Å². The lowest BCUT2D eigenvalue weighted by Crippen LogP contribution is -2.57. The number of carbonyl (C=O) groups excluding carboxylic acids is 1. The van der Waals surface area contributed by atoms with E-state index in [2.05, 4.69) is 6.08 Å². The predicted octanol–water partition coefficient (Wildman–Crippen LogP) is 2.83. The van der Waals surface area contributed by atoms with Crippen LogP contribution in [0.1, 0.15) is 45.4 Å². The molecule has 82 valence electrons. The van der Waals surface area contributed by atoms with Gasteiger partial charge in [0.2, 0.25) is 0 Å². The lowest BCUT2D eigenvalue weighted by molar-refractivity contribution is -0.178. The zero-order chi connectivity index (χ0) is 10.5. The molecule has 3 aliphatic carbocycles. The summed E-state index contributed by atoms with van der Waals surface area (Å²) in [5.41, 5.74) is 1.54. The topological polar surface area (TPSA) is 26.3 Å². The van der Waals surface area contributed by atoms with Gasteiger partial charge in [0.1, 0.15) is 5.60 Å². The Morgan fingerprint density at radius 2 is 2.13 bits per heavy atom. The second-order valence-electron chi connectivity index (χ2n) is 5.18. The quantitative estimate of drug-likeness (QED) is 0.487. The van der Waals surface area contributed by atoms with E-state index in [9.17, 15) is 4.79 Å². The number of ether oxygens (including phenoxy) is 1. The average Bonchev–Trinajstić information content (AvgIpc) is 2.55. The normalized spacial score (nSPS) is 42.3. The molecule has 0 heterocycles. The first kappa shape index (κ1) is 9.44. The lowest BCUT2D eigenvalue weighted by atomic mass is 9.55. The van der Waals surface area contributed by atoms with Crippen molar-refractivity contribution in [3.05, 3.63) is 11.6 Å². The number of carbonyl (C=O) groups is 1. The summed E-state index contributed by atoms with van der Waals surface area (Å²) in [6.07, 6.45) is 9.70. The van der Waals surface area contributed by atoms with Crippen LogP contribution in [0.15, 0.2) is 11.6 Å². The van der Waals surface area contributed by atoms with Gasteiger partial charge in [-0.3, -0.25) is 4.79 Å². The average molecular weight is 206 g/mol. The van der Waals surface area contributed by atoms with Crippen molar-refractivity contribution in [2.24, 2.45) is 11.8 Å². The van der Waals surface area contributed by atoms with Crippen molar-refractivity contribution in [3.8, 4) is 0 Å². The Kier molecular flexibility index (Phi) is 1.95. The molecule has 0 unspecified atom stereocenters. The summed E-state index contributed by atoms with van der Waals surface area (Å²) in [6, 6.07) is 0. The molecule has 3 aliphatic rings. The molecule has 0 bridgehead atoms. The largest absolute Gasteiger partial charge is 0.458 e. The summed E-state index contributed by atoms with van der Waals surface area (Å²) in [5.74, 6) is 1.06. The zero-order valence-corrected chi connectivity index (χ0v) is 9.29. The Labute approximate surface area is 90.7 Å². The van der Waals surface area contributed by atoms with Gasteiger partial charge in [-0.2, -0.15) is 0 Å². The number of allylic oxidation sites excluding steroid dienone is 1. The lowest BCUT2D eigenvalue weighted by Gasteiger charge is -2.55. The van der Waals surface area contributed by atoms with Gasteiger partial charge in [-0.25, -0.2) is 0 Å². The Bertz CT molecular complexity index is 331. The Balaban J connectivity index is 1.91. The predicted molar refractivity (Wildman–Crippen MR) is 57.3 cm³/mol. The Hall–Kier alpha value is -0.790. The molecule has 2 heteroatoms. The van der Waals surface area contributed by atoms with E-state index in [1.807, 2.05) is 0 Å². The van der Waals surface area contributed by atoms with Crippen LogP contribution in [0, 0.1) is 11.8 Å². The maximum Gasteiger partial charge on any atom is 0.303 e. The van der Waals surface area contributed by atoms with Crippen molar-refractivity contribution < 1.29 is 9.53 Å². The van der Waals surface area contributed by atoms with E-state index in [0.29, 0.717) is 11.8 Å². The number of esters is 1. The third kappa shape index (κ3) is 1.14. The maximum absolute atomic E-state index is 11.2. The summed E-state index contributed by atoms with van der Waals surface area (Å²) in [4.78, 5) is 11.2. The van der Waals surface area contributed by atoms with Crippen LogP contribution in [-0.2, 0) is 9.53 Å². The minimum Gasteiger partial charge on any atom is -0.458 e. The molecule has 0 aromatic heterocycles. The van der Waals surface area contributed by atoms with Crippen LogP contribution in [0.25, 0.3) is 0 Å². The number of hydrogen-bond donors (Lipinski definition) is 0. The first-order chi connectivity index (χ1) is 7.24. The van der Waals surface area contributed by atoms with Gasteiger partial charge >= 0.3 is 5.97 Å². The van der Waals surface area contributed by atoms with Gasteiger partial charge in [-0.15, -0.1) is 0 Å². The molecule has 3 atom stereocenters. The second kappa shape index (κ2) is 3.10. The van der Waals surface area contributed by atoms with Crippen molar-refractivity contribution in [2.45, 2.75) is 51.0 Å². The van der Waals surface area contributed by atoms with Crippen LogP contribution in [0.3, 0.4) is 0 Å². The van der Waals surface area contributed by atoms with E-state index in [1.54, 1.807) is 12.5 Å². The standard InChI is InChI=1S/C13H18O2/c1-9(14)15-13-8-4-7-12(13)10-5-2-3-6-11(10)13/h5,11-12H,2-4,6-8H2,1H3/t11-,12-,13+/m0/s1. The van der Waals surface area contributed by atoms with Gasteiger partial charge in [0.05, 0.1) is 0 Å². The molecule has 0 radical (unpaired) electrons. The number of rotatable bonds is 1. The van der Waals surface area contributed by atoms with Gasteiger partial charge in [-0.05, 0) is 38.5 Å². The van der Waals surface area contributed by atoms with Gasteiger partial charge < -0.3 is 4.74 Å². The van der Waals surface area contributed by atoms with Crippen molar-refractivity contribution in [2.75, 3.05) is 0 Å². The van der Waals surface area contributed by atoms with Gasteiger partial charge in [0.25, 0.3) is 0 Å². The molecule has 0 aromatic rings. The van der Waals surface area contributed by atoms with E-state index >= 15 is 0 Å². The molecule has 0 aromatic carbocycles. The molecule has 3 rings (SSSR count). The molecule has 0 amide bonds. The van der Waals surface area contributed by atoms with Crippen molar-refractivity contribution in [1.82, 2.24) is 0 Å².